The van der Waals surface area contributed by atoms with Crippen molar-refractivity contribution in [1.29, 1.82) is 0 Å². The summed E-state index contributed by atoms with van der Waals surface area (Å²) in [4.78, 5) is 14.5. The van der Waals surface area contributed by atoms with Gasteiger partial charge in [-0.15, -0.1) is 0 Å². The Hall–Kier alpha value is -1.39. The molecule has 4 heteroatoms. The number of amides is 1. The Morgan fingerprint density at radius 1 is 1.22 bits per heavy atom. The van der Waals surface area contributed by atoms with Crippen molar-refractivity contribution in [2.24, 2.45) is 5.92 Å². The number of carbonyl (C=O) groups excluding carboxylic acids is 1. The van der Waals surface area contributed by atoms with Crippen LogP contribution in [-0.2, 0) is 17.6 Å². The third kappa shape index (κ3) is 4.33. The Labute approximate surface area is 138 Å². The van der Waals surface area contributed by atoms with Gasteiger partial charge >= 0.3 is 0 Å². The highest BCUT2D eigenvalue weighted by molar-refractivity contribution is 5.76. The second-order valence-electron chi connectivity index (χ2n) is 6.97. The van der Waals surface area contributed by atoms with Crippen LogP contribution in [-0.4, -0.2) is 48.2 Å². The van der Waals surface area contributed by atoms with Gasteiger partial charge < -0.3 is 10.4 Å². The largest absolute Gasteiger partial charge is 0.395 e. The summed E-state index contributed by atoms with van der Waals surface area (Å²) >= 11 is 0. The van der Waals surface area contributed by atoms with Crippen molar-refractivity contribution >= 4 is 5.91 Å². The van der Waals surface area contributed by atoms with E-state index in [1.165, 1.54) is 24.0 Å². The second kappa shape index (κ2) is 7.93. The van der Waals surface area contributed by atoms with Gasteiger partial charge in [-0.1, -0.05) is 30.7 Å². The van der Waals surface area contributed by atoms with Crippen molar-refractivity contribution in [3.8, 4) is 0 Å². The lowest BCUT2D eigenvalue weighted by atomic mass is 10.0. The quantitative estimate of drug-likeness (QED) is 0.841. The first-order chi connectivity index (χ1) is 11.3. The Balaban J connectivity index is 1.37. The molecular formula is C19H28N2O2. The number of hydrogen-bond acceptors (Lipinski definition) is 3. The van der Waals surface area contributed by atoms with Crippen molar-refractivity contribution in [2.45, 2.75) is 44.6 Å². The first-order valence-electron chi connectivity index (χ1n) is 8.94. The van der Waals surface area contributed by atoms with Gasteiger partial charge in [0.1, 0.15) is 0 Å². The molecule has 0 spiro atoms. The zero-order valence-electron chi connectivity index (χ0n) is 13.8. The fourth-order valence-corrected chi connectivity index (χ4v) is 4.03. The second-order valence-corrected chi connectivity index (χ2v) is 6.97. The predicted molar refractivity (Wildman–Crippen MR) is 91.3 cm³/mol. The standard InChI is InChI=1S/C19H28N2O2/c22-14-18-7-3-4-9-21(18)10-8-20-19(23)13-15-11-16-5-1-2-6-17(16)12-15/h1-2,5-6,15,18,22H,3-4,7-14H2,(H,20,23)/t18-/m0/s1. The molecule has 1 saturated heterocycles. The zero-order chi connectivity index (χ0) is 16.1. The molecule has 1 heterocycles. The molecule has 1 aromatic rings. The first kappa shape index (κ1) is 16.5. The van der Waals surface area contributed by atoms with Crippen molar-refractivity contribution in [1.82, 2.24) is 10.2 Å². The van der Waals surface area contributed by atoms with E-state index in [0.717, 1.165) is 32.4 Å². The van der Waals surface area contributed by atoms with Crippen LogP contribution in [0.25, 0.3) is 0 Å². The first-order valence-corrected chi connectivity index (χ1v) is 8.94. The maximum atomic E-state index is 12.2. The summed E-state index contributed by atoms with van der Waals surface area (Å²) < 4.78 is 0. The molecule has 0 bridgehead atoms. The number of piperidine rings is 1. The van der Waals surface area contributed by atoms with Gasteiger partial charge in [-0.05, 0) is 49.3 Å². The monoisotopic (exact) mass is 316 g/mol. The number of aliphatic hydroxyl groups excluding tert-OH is 1. The average molecular weight is 316 g/mol. The van der Waals surface area contributed by atoms with Gasteiger partial charge in [0.05, 0.1) is 6.61 Å². The minimum absolute atomic E-state index is 0.167. The van der Waals surface area contributed by atoms with Crippen LogP contribution in [0.3, 0.4) is 0 Å². The number of benzene rings is 1. The molecule has 0 saturated carbocycles. The van der Waals surface area contributed by atoms with Crippen LogP contribution in [0.4, 0.5) is 0 Å². The van der Waals surface area contributed by atoms with E-state index in [4.69, 9.17) is 0 Å². The SMILES string of the molecule is O=C(CC1Cc2ccccc2C1)NCCN1CCCC[C@H]1CO. The summed E-state index contributed by atoms with van der Waals surface area (Å²) in [6, 6.07) is 8.80. The van der Waals surface area contributed by atoms with E-state index in [-0.39, 0.29) is 18.6 Å². The zero-order valence-corrected chi connectivity index (χ0v) is 13.8. The molecule has 23 heavy (non-hydrogen) atoms. The Kier molecular flexibility index (Phi) is 5.68. The molecule has 1 aliphatic carbocycles. The van der Waals surface area contributed by atoms with Crippen LogP contribution in [0.2, 0.25) is 0 Å². The lowest BCUT2D eigenvalue weighted by Crippen LogP contribution is -2.45. The number of fused-ring (bicyclic) bond motifs is 1. The van der Waals surface area contributed by atoms with Crippen molar-refractivity contribution in [3.63, 3.8) is 0 Å². The van der Waals surface area contributed by atoms with Gasteiger partial charge in [-0.3, -0.25) is 9.69 Å². The minimum atomic E-state index is 0.167. The lowest BCUT2D eigenvalue weighted by Gasteiger charge is -2.34. The molecule has 126 valence electrons. The summed E-state index contributed by atoms with van der Waals surface area (Å²) in [7, 11) is 0. The van der Waals surface area contributed by atoms with Gasteiger partial charge in [0.25, 0.3) is 0 Å². The summed E-state index contributed by atoms with van der Waals surface area (Å²) in [6.45, 7) is 2.81. The summed E-state index contributed by atoms with van der Waals surface area (Å²) in [5.74, 6) is 0.618. The highest BCUT2D eigenvalue weighted by atomic mass is 16.3. The fourth-order valence-electron chi connectivity index (χ4n) is 4.03. The number of nitrogens with zero attached hydrogens (tertiary/aromatic N) is 1. The molecule has 2 aliphatic rings. The van der Waals surface area contributed by atoms with Crippen LogP contribution in [0.5, 0.6) is 0 Å². The van der Waals surface area contributed by atoms with E-state index in [9.17, 15) is 9.90 Å². The van der Waals surface area contributed by atoms with Gasteiger partial charge in [0, 0.05) is 25.6 Å². The van der Waals surface area contributed by atoms with E-state index in [1.54, 1.807) is 0 Å². The van der Waals surface area contributed by atoms with Gasteiger partial charge in [0.2, 0.25) is 5.91 Å². The van der Waals surface area contributed by atoms with Crippen molar-refractivity contribution in [2.75, 3.05) is 26.2 Å². The lowest BCUT2D eigenvalue weighted by molar-refractivity contribution is -0.122. The third-order valence-electron chi connectivity index (χ3n) is 5.29. The molecule has 1 fully saturated rings. The Morgan fingerprint density at radius 2 is 1.96 bits per heavy atom. The summed E-state index contributed by atoms with van der Waals surface area (Å²) in [6.07, 6.45) is 6.16. The van der Waals surface area contributed by atoms with Crippen LogP contribution in [0, 0.1) is 5.92 Å². The molecule has 3 rings (SSSR count). The topological polar surface area (TPSA) is 52.6 Å². The van der Waals surface area contributed by atoms with Gasteiger partial charge in [-0.25, -0.2) is 0 Å². The van der Waals surface area contributed by atoms with Gasteiger partial charge in [-0.2, -0.15) is 0 Å². The van der Waals surface area contributed by atoms with Crippen molar-refractivity contribution < 1.29 is 9.90 Å². The number of carbonyl (C=O) groups is 1. The summed E-state index contributed by atoms with van der Waals surface area (Å²) in [5.41, 5.74) is 2.81. The maximum Gasteiger partial charge on any atom is 0.220 e. The van der Waals surface area contributed by atoms with E-state index in [1.807, 2.05) is 0 Å². The Morgan fingerprint density at radius 3 is 2.65 bits per heavy atom. The van der Waals surface area contributed by atoms with E-state index < -0.39 is 0 Å². The normalized spacial score (nSPS) is 22.0. The highest BCUT2D eigenvalue weighted by Gasteiger charge is 2.24. The van der Waals surface area contributed by atoms with E-state index >= 15 is 0 Å². The number of likely N-dealkylation sites (tertiary alicyclic amines) is 1. The molecule has 1 aliphatic heterocycles. The molecule has 1 aromatic carbocycles. The van der Waals surface area contributed by atoms with Crippen LogP contribution >= 0.6 is 0 Å². The van der Waals surface area contributed by atoms with E-state index in [2.05, 4.69) is 34.5 Å². The molecule has 1 amide bonds. The van der Waals surface area contributed by atoms with Gasteiger partial charge in [0.15, 0.2) is 0 Å². The number of rotatable bonds is 6. The number of hydrogen-bond donors (Lipinski definition) is 2. The molecular weight excluding hydrogens is 288 g/mol. The third-order valence-corrected chi connectivity index (χ3v) is 5.29. The van der Waals surface area contributed by atoms with Crippen LogP contribution in [0.15, 0.2) is 24.3 Å². The Bertz CT molecular complexity index is 507. The predicted octanol–water partition coefficient (Wildman–Crippen LogP) is 1.75. The summed E-state index contributed by atoms with van der Waals surface area (Å²) in [5, 5.41) is 12.5. The minimum Gasteiger partial charge on any atom is -0.395 e. The average Bonchev–Trinajstić information content (AvgIpc) is 2.97. The number of aliphatic hydroxyl groups is 1. The van der Waals surface area contributed by atoms with E-state index in [0.29, 0.717) is 18.9 Å². The van der Waals surface area contributed by atoms with Crippen LogP contribution in [0.1, 0.15) is 36.8 Å². The maximum absolute atomic E-state index is 12.2. The fraction of sp³-hybridized carbons (Fsp3) is 0.632. The number of nitrogens with one attached hydrogen (secondary N) is 1. The molecule has 0 radical (unpaired) electrons. The molecule has 2 N–H and O–H groups in total. The molecule has 0 aromatic heterocycles. The van der Waals surface area contributed by atoms with Crippen LogP contribution < -0.4 is 5.32 Å². The van der Waals surface area contributed by atoms with Crippen molar-refractivity contribution in [3.05, 3.63) is 35.4 Å². The smallest absolute Gasteiger partial charge is 0.220 e. The highest BCUT2D eigenvalue weighted by Crippen LogP contribution is 2.28. The molecule has 1 atom stereocenters. The molecule has 0 unspecified atom stereocenters. The molecule has 4 nitrogen and oxygen atoms in total.